The van der Waals surface area contributed by atoms with Crippen molar-refractivity contribution in [1.29, 1.82) is 5.26 Å². The Labute approximate surface area is 158 Å². The maximum atomic E-state index is 12.5. The minimum Gasteiger partial charge on any atom is -0.378 e. The van der Waals surface area contributed by atoms with E-state index < -0.39 is 0 Å². The predicted octanol–water partition coefficient (Wildman–Crippen LogP) is 4.02. The summed E-state index contributed by atoms with van der Waals surface area (Å²) in [5, 5.41) is 14.9. The average molecular weight is 357 g/mol. The molecule has 0 radical (unpaired) electrons. The second kappa shape index (κ2) is 8.02. The van der Waals surface area contributed by atoms with Gasteiger partial charge in [-0.25, -0.2) is 0 Å². The van der Waals surface area contributed by atoms with Gasteiger partial charge >= 0.3 is 0 Å². The van der Waals surface area contributed by atoms with E-state index in [2.05, 4.69) is 21.7 Å². The van der Waals surface area contributed by atoms with Gasteiger partial charge < -0.3 is 15.5 Å². The molecule has 0 saturated carbocycles. The van der Waals surface area contributed by atoms with Crippen LogP contribution < -0.4 is 15.5 Å². The van der Waals surface area contributed by atoms with Crippen molar-refractivity contribution in [3.8, 4) is 6.07 Å². The first-order chi connectivity index (χ1) is 13.0. The minimum absolute atomic E-state index is 0.281. The van der Waals surface area contributed by atoms with Crippen LogP contribution in [-0.2, 0) is 0 Å². The van der Waals surface area contributed by atoms with Crippen LogP contribution in [-0.4, -0.2) is 25.0 Å². The Morgan fingerprint density at radius 3 is 2.26 bits per heavy atom. The summed E-state index contributed by atoms with van der Waals surface area (Å²) >= 11 is 0. The molecule has 27 heavy (non-hydrogen) atoms. The van der Waals surface area contributed by atoms with Gasteiger partial charge in [0.05, 0.1) is 11.6 Å². The summed E-state index contributed by atoms with van der Waals surface area (Å²) in [5.74, 6) is -0.281. The van der Waals surface area contributed by atoms with E-state index in [0.717, 1.165) is 17.1 Å². The number of rotatable bonds is 5. The smallest absolute Gasteiger partial charge is 0.274 e. The van der Waals surface area contributed by atoms with Crippen LogP contribution in [0.4, 0.5) is 22.7 Å². The summed E-state index contributed by atoms with van der Waals surface area (Å²) in [6.45, 7) is 0. The molecule has 6 heteroatoms. The number of pyridine rings is 1. The maximum absolute atomic E-state index is 12.5. The van der Waals surface area contributed by atoms with Crippen molar-refractivity contribution in [1.82, 2.24) is 4.98 Å². The summed E-state index contributed by atoms with van der Waals surface area (Å²) in [7, 11) is 3.92. The number of benzene rings is 2. The van der Waals surface area contributed by atoms with Gasteiger partial charge in [0.2, 0.25) is 0 Å². The molecule has 0 saturated heterocycles. The van der Waals surface area contributed by atoms with Crippen LogP contribution in [0.3, 0.4) is 0 Å². The Kier molecular flexibility index (Phi) is 5.33. The minimum atomic E-state index is -0.281. The van der Waals surface area contributed by atoms with Gasteiger partial charge in [-0.05, 0) is 60.7 Å². The summed E-state index contributed by atoms with van der Waals surface area (Å²) in [6, 6.07) is 20.2. The number of amides is 1. The first-order valence-corrected chi connectivity index (χ1v) is 8.37. The fourth-order valence-electron chi connectivity index (χ4n) is 2.47. The normalized spacial score (nSPS) is 9.96. The largest absolute Gasteiger partial charge is 0.378 e. The van der Waals surface area contributed by atoms with Crippen molar-refractivity contribution < 1.29 is 4.79 Å². The van der Waals surface area contributed by atoms with Gasteiger partial charge in [0.25, 0.3) is 5.91 Å². The molecule has 6 nitrogen and oxygen atoms in total. The summed E-state index contributed by atoms with van der Waals surface area (Å²) in [5.41, 5.74) is 4.23. The lowest BCUT2D eigenvalue weighted by atomic mass is 10.2. The van der Waals surface area contributed by atoms with Crippen molar-refractivity contribution in [3.05, 3.63) is 78.1 Å². The number of aromatic nitrogens is 1. The molecule has 1 aromatic heterocycles. The van der Waals surface area contributed by atoms with Gasteiger partial charge in [-0.2, -0.15) is 5.26 Å². The molecule has 2 N–H and O–H groups in total. The second-order valence-corrected chi connectivity index (χ2v) is 6.14. The van der Waals surface area contributed by atoms with Crippen LogP contribution in [0.2, 0.25) is 0 Å². The molecule has 134 valence electrons. The highest BCUT2D eigenvalue weighted by molar-refractivity contribution is 6.03. The van der Waals surface area contributed by atoms with Crippen LogP contribution >= 0.6 is 0 Å². The maximum Gasteiger partial charge on any atom is 0.274 e. The molecule has 1 amide bonds. The lowest BCUT2D eigenvalue weighted by Gasteiger charge is -2.13. The van der Waals surface area contributed by atoms with Crippen molar-refractivity contribution >= 4 is 28.7 Å². The third kappa shape index (κ3) is 4.61. The van der Waals surface area contributed by atoms with Crippen LogP contribution in [0.15, 0.2) is 66.9 Å². The zero-order valence-corrected chi connectivity index (χ0v) is 15.1. The molecule has 3 rings (SSSR count). The number of carbonyl (C=O) groups excluding carboxylic acids is 1. The number of hydrogen-bond acceptors (Lipinski definition) is 5. The predicted molar refractivity (Wildman–Crippen MR) is 107 cm³/mol. The molecular weight excluding hydrogens is 338 g/mol. The Bertz CT molecular complexity index is 973. The van der Waals surface area contributed by atoms with Crippen molar-refractivity contribution in [2.75, 3.05) is 29.6 Å². The van der Waals surface area contributed by atoms with E-state index in [1.165, 1.54) is 0 Å². The third-order valence-corrected chi connectivity index (χ3v) is 3.94. The number of anilines is 4. The molecule has 0 spiro atoms. The van der Waals surface area contributed by atoms with E-state index in [1.807, 2.05) is 55.4 Å². The van der Waals surface area contributed by atoms with Crippen LogP contribution in [0.1, 0.15) is 16.1 Å². The molecule has 0 fully saturated rings. The summed E-state index contributed by atoms with van der Waals surface area (Å²) in [6.07, 6.45) is 1.58. The molecule has 1 heterocycles. The van der Waals surface area contributed by atoms with E-state index >= 15 is 0 Å². The molecule has 0 unspecified atom stereocenters. The molecule has 0 atom stereocenters. The monoisotopic (exact) mass is 357 g/mol. The topological polar surface area (TPSA) is 81.0 Å². The van der Waals surface area contributed by atoms with Crippen LogP contribution in [0.25, 0.3) is 0 Å². The quantitative estimate of drug-likeness (QED) is 0.721. The molecule has 0 aliphatic rings. The van der Waals surface area contributed by atoms with Crippen molar-refractivity contribution in [3.63, 3.8) is 0 Å². The molecule has 2 aromatic carbocycles. The van der Waals surface area contributed by atoms with Crippen molar-refractivity contribution in [2.24, 2.45) is 0 Å². The highest BCUT2D eigenvalue weighted by atomic mass is 16.1. The van der Waals surface area contributed by atoms with Crippen molar-refractivity contribution in [2.45, 2.75) is 0 Å². The Balaban J connectivity index is 1.70. The number of nitrogens with zero attached hydrogens (tertiary/aromatic N) is 3. The molecule has 0 aliphatic carbocycles. The zero-order valence-electron chi connectivity index (χ0n) is 15.1. The highest BCUT2D eigenvalue weighted by Crippen LogP contribution is 2.19. The Morgan fingerprint density at radius 1 is 0.963 bits per heavy atom. The zero-order chi connectivity index (χ0) is 19.2. The fraction of sp³-hybridized carbons (Fsp3) is 0.0952. The van der Waals surface area contributed by atoms with E-state index in [9.17, 15) is 4.79 Å². The number of hydrogen-bond donors (Lipinski definition) is 2. The number of nitrogens with one attached hydrogen (secondary N) is 2. The van der Waals surface area contributed by atoms with Crippen LogP contribution in [0.5, 0.6) is 0 Å². The van der Waals surface area contributed by atoms with Gasteiger partial charge in [-0.1, -0.05) is 0 Å². The molecule has 0 aliphatic heterocycles. The SMILES string of the molecule is CN(C)c1ccc(NC(=O)c2cc(Nc3ccc(C#N)cc3)ccn2)cc1. The number of nitriles is 1. The van der Waals surface area contributed by atoms with E-state index in [0.29, 0.717) is 16.9 Å². The average Bonchev–Trinajstić information content (AvgIpc) is 2.69. The van der Waals surface area contributed by atoms with E-state index in [1.54, 1.807) is 30.5 Å². The van der Waals surface area contributed by atoms with E-state index in [4.69, 9.17) is 5.26 Å². The van der Waals surface area contributed by atoms with Gasteiger partial charge in [-0.3, -0.25) is 9.78 Å². The number of carbonyl (C=O) groups is 1. The molecule has 3 aromatic rings. The fourth-order valence-corrected chi connectivity index (χ4v) is 2.47. The van der Waals surface area contributed by atoms with Crippen LogP contribution in [0, 0.1) is 11.3 Å². The Hall–Kier alpha value is -3.85. The molecule has 0 bridgehead atoms. The van der Waals surface area contributed by atoms with Gasteiger partial charge in [0.1, 0.15) is 5.69 Å². The van der Waals surface area contributed by atoms with E-state index in [-0.39, 0.29) is 5.91 Å². The lowest BCUT2D eigenvalue weighted by molar-refractivity contribution is 0.102. The second-order valence-electron chi connectivity index (χ2n) is 6.14. The standard InChI is InChI=1S/C21H19N5O/c1-26(2)19-9-7-17(8-10-19)25-21(27)20-13-18(11-12-23-20)24-16-5-3-15(14-22)4-6-16/h3-13H,1-2H3,(H,23,24)(H,25,27). The highest BCUT2D eigenvalue weighted by Gasteiger charge is 2.09. The first kappa shape index (κ1) is 18.0. The van der Waals surface area contributed by atoms with Gasteiger partial charge in [0, 0.05) is 43.0 Å². The lowest BCUT2D eigenvalue weighted by Crippen LogP contribution is -2.14. The third-order valence-electron chi connectivity index (χ3n) is 3.94. The first-order valence-electron chi connectivity index (χ1n) is 8.37. The Morgan fingerprint density at radius 2 is 1.63 bits per heavy atom. The van der Waals surface area contributed by atoms with Gasteiger partial charge in [0.15, 0.2) is 0 Å². The summed E-state index contributed by atoms with van der Waals surface area (Å²) in [4.78, 5) is 18.6. The van der Waals surface area contributed by atoms with Gasteiger partial charge in [-0.15, -0.1) is 0 Å². The summed E-state index contributed by atoms with van der Waals surface area (Å²) < 4.78 is 0. The molecular formula is C21H19N5O.